The molecule has 0 spiro atoms. The molecule has 104 valence electrons. The smallest absolute Gasteiger partial charge is 0.337 e. The molecule has 19 heavy (non-hydrogen) atoms. The molecule has 0 aliphatic rings. The molecule has 1 rings (SSSR count). The molecule has 5 nitrogen and oxygen atoms in total. The second kappa shape index (κ2) is 8.66. The van der Waals surface area contributed by atoms with Crippen molar-refractivity contribution in [3.63, 3.8) is 0 Å². The van der Waals surface area contributed by atoms with E-state index in [1.165, 1.54) is 0 Å². The molecule has 0 N–H and O–H groups in total. The summed E-state index contributed by atoms with van der Waals surface area (Å²) in [7, 11) is 0. The second-order valence-corrected chi connectivity index (χ2v) is 4.56. The lowest BCUT2D eigenvalue weighted by atomic mass is 10.3. The molecular weight excluding hydrogens is 316 g/mol. The highest BCUT2D eigenvalue weighted by molar-refractivity contribution is 9.10. The average molecular weight is 331 g/mol. The third-order valence-electron chi connectivity index (χ3n) is 1.95. The second-order valence-electron chi connectivity index (χ2n) is 3.64. The van der Waals surface area contributed by atoms with Crippen molar-refractivity contribution < 1.29 is 23.8 Å². The van der Waals surface area contributed by atoms with Gasteiger partial charge in [0.25, 0.3) is 0 Å². The number of benzene rings is 1. The van der Waals surface area contributed by atoms with E-state index in [4.69, 9.17) is 14.2 Å². The fourth-order valence-electron chi connectivity index (χ4n) is 1.14. The number of ether oxygens (including phenoxy) is 3. The lowest BCUT2D eigenvalue weighted by molar-refractivity contribution is -0.151. The Morgan fingerprint density at radius 3 is 2.37 bits per heavy atom. The molecule has 6 heteroatoms. The minimum atomic E-state index is -0.564. The number of halogens is 1. The Morgan fingerprint density at radius 2 is 1.74 bits per heavy atom. The van der Waals surface area contributed by atoms with Gasteiger partial charge in [0.15, 0.2) is 0 Å². The topological polar surface area (TPSA) is 61.8 Å². The first-order valence-corrected chi connectivity index (χ1v) is 6.60. The number of esters is 2. The molecule has 0 saturated carbocycles. The summed E-state index contributed by atoms with van der Waals surface area (Å²) in [6.07, 6.45) is 0.747. The third-order valence-corrected chi connectivity index (χ3v) is 2.48. The van der Waals surface area contributed by atoms with Gasteiger partial charge in [-0.25, -0.2) is 9.59 Å². The maximum atomic E-state index is 11.4. The molecule has 1 aromatic rings. The van der Waals surface area contributed by atoms with Gasteiger partial charge in [0.1, 0.15) is 19.0 Å². The van der Waals surface area contributed by atoms with Gasteiger partial charge in [-0.2, -0.15) is 0 Å². The molecular formula is C13H15BrO5. The first kappa shape index (κ1) is 15.7. The van der Waals surface area contributed by atoms with Crippen LogP contribution in [-0.2, 0) is 19.1 Å². The van der Waals surface area contributed by atoms with E-state index in [9.17, 15) is 9.59 Å². The fourth-order valence-corrected chi connectivity index (χ4v) is 1.40. The van der Waals surface area contributed by atoms with Crippen LogP contribution >= 0.6 is 15.9 Å². The van der Waals surface area contributed by atoms with Crippen molar-refractivity contribution >= 4 is 27.9 Å². The van der Waals surface area contributed by atoms with E-state index in [1.54, 1.807) is 24.3 Å². The van der Waals surface area contributed by atoms with Gasteiger partial charge in [0.05, 0.1) is 6.61 Å². The molecule has 0 aliphatic heterocycles. The summed E-state index contributed by atoms with van der Waals surface area (Å²) in [5.74, 6) is -0.630. The Kier molecular flexibility index (Phi) is 7.14. The highest BCUT2D eigenvalue weighted by Crippen LogP contribution is 2.16. The minimum Gasteiger partial charge on any atom is -0.464 e. The number of carbonyl (C=O) groups is 2. The Morgan fingerprint density at radius 1 is 1.11 bits per heavy atom. The van der Waals surface area contributed by atoms with Crippen LogP contribution in [0.25, 0.3) is 0 Å². The van der Waals surface area contributed by atoms with Crippen LogP contribution in [0.15, 0.2) is 28.7 Å². The van der Waals surface area contributed by atoms with Gasteiger partial charge in [-0.3, -0.25) is 0 Å². The number of hydrogen-bond acceptors (Lipinski definition) is 5. The zero-order valence-corrected chi connectivity index (χ0v) is 12.1. The minimum absolute atomic E-state index is 0.255. The van der Waals surface area contributed by atoms with Gasteiger partial charge in [0.2, 0.25) is 0 Å². The maximum absolute atomic E-state index is 11.4. The molecule has 0 saturated heterocycles. The molecule has 0 amide bonds. The first-order chi connectivity index (χ1) is 9.11. The van der Waals surface area contributed by atoms with E-state index in [0.717, 1.165) is 10.9 Å². The van der Waals surface area contributed by atoms with Crippen LogP contribution in [0.1, 0.15) is 13.3 Å². The van der Waals surface area contributed by atoms with E-state index in [2.05, 4.69) is 15.9 Å². The predicted octanol–water partition coefficient (Wildman–Crippen LogP) is 2.32. The van der Waals surface area contributed by atoms with E-state index >= 15 is 0 Å². The van der Waals surface area contributed by atoms with E-state index in [0.29, 0.717) is 12.4 Å². The molecule has 0 aromatic heterocycles. The molecule has 0 unspecified atom stereocenters. The SMILES string of the molecule is CCCOC(=O)COCC(=O)Oc1ccc(Br)cc1. The van der Waals surface area contributed by atoms with Crippen molar-refractivity contribution in [3.8, 4) is 5.75 Å². The van der Waals surface area contributed by atoms with Gasteiger partial charge in [-0.05, 0) is 30.7 Å². The number of carbonyl (C=O) groups excluding carboxylic acids is 2. The van der Waals surface area contributed by atoms with Crippen molar-refractivity contribution in [1.29, 1.82) is 0 Å². The summed E-state index contributed by atoms with van der Waals surface area (Å²) in [5, 5.41) is 0. The van der Waals surface area contributed by atoms with Gasteiger partial charge >= 0.3 is 11.9 Å². The van der Waals surface area contributed by atoms with E-state index in [1.807, 2.05) is 6.92 Å². The Labute approximate surface area is 120 Å². The van der Waals surface area contributed by atoms with Gasteiger partial charge < -0.3 is 14.2 Å². The van der Waals surface area contributed by atoms with Crippen molar-refractivity contribution in [2.24, 2.45) is 0 Å². The third kappa shape index (κ3) is 6.93. The summed E-state index contributed by atoms with van der Waals surface area (Å²) in [6.45, 7) is 1.70. The lowest BCUT2D eigenvalue weighted by Crippen LogP contribution is -2.20. The van der Waals surface area contributed by atoms with E-state index < -0.39 is 11.9 Å². The monoisotopic (exact) mass is 330 g/mol. The summed E-state index contributed by atoms with van der Waals surface area (Å²) in [5.41, 5.74) is 0. The van der Waals surface area contributed by atoms with Crippen molar-refractivity contribution in [1.82, 2.24) is 0 Å². The largest absolute Gasteiger partial charge is 0.464 e. The normalized spacial score (nSPS) is 10.0. The standard InChI is InChI=1S/C13H15BrO5/c1-2-7-18-12(15)8-17-9-13(16)19-11-5-3-10(14)4-6-11/h3-6H,2,7-9H2,1H3. The predicted molar refractivity (Wildman–Crippen MR) is 71.8 cm³/mol. The van der Waals surface area contributed by atoms with E-state index in [-0.39, 0.29) is 13.2 Å². The Balaban J connectivity index is 2.21. The molecule has 0 fully saturated rings. The van der Waals surface area contributed by atoms with Crippen LogP contribution < -0.4 is 4.74 Å². The van der Waals surface area contributed by atoms with Crippen LogP contribution in [0, 0.1) is 0 Å². The van der Waals surface area contributed by atoms with Crippen molar-refractivity contribution in [2.45, 2.75) is 13.3 Å². The fraction of sp³-hybridized carbons (Fsp3) is 0.385. The maximum Gasteiger partial charge on any atom is 0.337 e. The van der Waals surface area contributed by atoms with Crippen LogP contribution in [0.2, 0.25) is 0 Å². The summed E-state index contributed by atoms with van der Waals surface area (Å²) >= 11 is 3.27. The first-order valence-electron chi connectivity index (χ1n) is 5.81. The summed E-state index contributed by atoms with van der Waals surface area (Å²) in [4.78, 5) is 22.5. The van der Waals surface area contributed by atoms with Crippen LogP contribution in [-0.4, -0.2) is 31.8 Å². The van der Waals surface area contributed by atoms with Gasteiger partial charge in [-0.15, -0.1) is 0 Å². The van der Waals surface area contributed by atoms with Gasteiger partial charge in [0, 0.05) is 4.47 Å². The summed E-state index contributed by atoms with van der Waals surface area (Å²) in [6, 6.07) is 6.81. The summed E-state index contributed by atoms with van der Waals surface area (Å²) < 4.78 is 15.6. The molecule has 0 atom stereocenters. The molecule has 0 heterocycles. The average Bonchev–Trinajstić information content (AvgIpc) is 2.39. The van der Waals surface area contributed by atoms with Crippen molar-refractivity contribution in [3.05, 3.63) is 28.7 Å². The van der Waals surface area contributed by atoms with Crippen molar-refractivity contribution in [2.75, 3.05) is 19.8 Å². The Bertz CT molecular complexity index is 416. The zero-order valence-electron chi connectivity index (χ0n) is 10.6. The molecule has 0 aliphatic carbocycles. The van der Waals surface area contributed by atoms with Crippen LogP contribution in [0.4, 0.5) is 0 Å². The van der Waals surface area contributed by atoms with Gasteiger partial charge in [-0.1, -0.05) is 22.9 Å². The lowest BCUT2D eigenvalue weighted by Gasteiger charge is -2.05. The highest BCUT2D eigenvalue weighted by Gasteiger charge is 2.08. The molecule has 1 aromatic carbocycles. The molecule has 0 radical (unpaired) electrons. The quantitative estimate of drug-likeness (QED) is 0.567. The van der Waals surface area contributed by atoms with Crippen LogP contribution in [0.3, 0.4) is 0 Å². The zero-order chi connectivity index (χ0) is 14.1. The highest BCUT2D eigenvalue weighted by atomic mass is 79.9. The molecule has 0 bridgehead atoms. The number of hydrogen-bond donors (Lipinski definition) is 0. The Hall–Kier alpha value is -1.40. The van der Waals surface area contributed by atoms with Crippen LogP contribution in [0.5, 0.6) is 5.75 Å². The number of rotatable bonds is 7.